The van der Waals surface area contributed by atoms with Gasteiger partial charge in [0, 0.05) is 12.2 Å². The highest BCUT2D eigenvalue weighted by Crippen LogP contribution is 2.42. The van der Waals surface area contributed by atoms with Gasteiger partial charge < -0.3 is 5.32 Å². The zero-order valence-corrected chi connectivity index (χ0v) is 19.4. The molecule has 170 valence electrons. The van der Waals surface area contributed by atoms with Crippen molar-refractivity contribution in [2.24, 2.45) is 0 Å². The molecule has 1 N–H and O–H groups in total. The van der Waals surface area contributed by atoms with Crippen LogP contribution in [0.1, 0.15) is 49.4 Å². The number of fused-ring (bicyclic) bond motifs is 1. The van der Waals surface area contributed by atoms with Gasteiger partial charge in [0.05, 0.1) is 16.1 Å². The number of rotatable bonds is 4. The van der Waals surface area contributed by atoms with Crippen molar-refractivity contribution in [1.82, 2.24) is 15.3 Å². The van der Waals surface area contributed by atoms with Crippen LogP contribution in [-0.4, -0.2) is 22.2 Å². The van der Waals surface area contributed by atoms with Crippen LogP contribution in [0.2, 0.25) is 10.0 Å². The molecular formula is C24H24Cl2F3N3. The minimum Gasteiger partial charge on any atom is -0.345 e. The average Bonchev–Trinajstić information content (AvgIpc) is 3.08. The summed E-state index contributed by atoms with van der Waals surface area (Å²) in [5.74, 6) is 0.757. The Morgan fingerprint density at radius 1 is 1.00 bits per heavy atom. The Balaban J connectivity index is 1.74. The lowest BCUT2D eigenvalue weighted by molar-refractivity contribution is -0.200. The first-order chi connectivity index (χ1) is 15.0. The summed E-state index contributed by atoms with van der Waals surface area (Å²) in [6, 6.07) is 10.7. The Morgan fingerprint density at radius 3 is 2.28 bits per heavy atom. The van der Waals surface area contributed by atoms with Gasteiger partial charge >= 0.3 is 6.18 Å². The van der Waals surface area contributed by atoms with Gasteiger partial charge in [-0.2, -0.15) is 18.2 Å². The standard InChI is InChI=1S/C24H24Cl2F3N3/c1-14(2)17-6-4-16(5-7-17)13-31-22(24(27,28)29)12-23-30-15(3)10-21(32(23)31)18-8-9-19(25)20(26)11-18/h4-12,14,21-22,30H,13H2,1-3H3. The molecule has 2 atom stereocenters. The molecule has 0 aromatic heterocycles. The number of alkyl halides is 3. The highest BCUT2D eigenvalue weighted by atomic mass is 35.5. The number of benzene rings is 2. The second-order valence-corrected chi connectivity index (χ2v) is 9.28. The molecule has 2 aliphatic heterocycles. The molecular weight excluding hydrogens is 458 g/mol. The van der Waals surface area contributed by atoms with Crippen LogP contribution in [0.3, 0.4) is 0 Å². The van der Waals surface area contributed by atoms with E-state index in [0.717, 1.165) is 22.4 Å². The summed E-state index contributed by atoms with van der Waals surface area (Å²) in [7, 11) is 0. The first kappa shape index (κ1) is 23.0. The fraction of sp³-hybridized carbons (Fsp3) is 0.333. The molecule has 0 saturated carbocycles. The van der Waals surface area contributed by atoms with Crippen LogP contribution in [0.5, 0.6) is 0 Å². The van der Waals surface area contributed by atoms with Crippen LogP contribution >= 0.6 is 23.2 Å². The fourth-order valence-corrected chi connectivity index (χ4v) is 4.42. The zero-order valence-electron chi connectivity index (χ0n) is 17.9. The number of hydrogen-bond acceptors (Lipinski definition) is 3. The molecule has 2 unspecified atom stereocenters. The monoisotopic (exact) mass is 481 g/mol. The number of nitrogens with one attached hydrogen (secondary N) is 1. The maximum absolute atomic E-state index is 14.1. The Morgan fingerprint density at radius 2 is 1.69 bits per heavy atom. The smallest absolute Gasteiger partial charge is 0.345 e. The first-order valence-electron chi connectivity index (χ1n) is 10.4. The Kier molecular flexibility index (Phi) is 6.23. The highest BCUT2D eigenvalue weighted by molar-refractivity contribution is 6.42. The van der Waals surface area contributed by atoms with Gasteiger partial charge in [-0.1, -0.05) is 67.4 Å². The van der Waals surface area contributed by atoms with Crippen LogP contribution in [-0.2, 0) is 6.54 Å². The number of hydrazine groups is 1. The van der Waals surface area contributed by atoms with Crippen molar-refractivity contribution >= 4 is 23.2 Å². The number of hydrogen-bond donors (Lipinski definition) is 1. The lowest BCUT2D eigenvalue weighted by Crippen LogP contribution is -2.51. The van der Waals surface area contributed by atoms with E-state index in [9.17, 15) is 13.2 Å². The van der Waals surface area contributed by atoms with Crippen molar-refractivity contribution in [2.75, 3.05) is 0 Å². The van der Waals surface area contributed by atoms with Gasteiger partial charge in [0.15, 0.2) is 0 Å². The SMILES string of the molecule is CC1=CC(c2ccc(Cl)c(Cl)c2)N2C(=CC(C(F)(F)F)N2Cc2ccc(C(C)C)cc2)N1. The van der Waals surface area contributed by atoms with Crippen LogP contribution in [0.25, 0.3) is 0 Å². The topological polar surface area (TPSA) is 18.5 Å². The maximum Gasteiger partial charge on any atom is 0.409 e. The van der Waals surface area contributed by atoms with Crippen molar-refractivity contribution in [3.63, 3.8) is 0 Å². The third-order valence-electron chi connectivity index (χ3n) is 5.77. The summed E-state index contributed by atoms with van der Waals surface area (Å²) in [5.41, 5.74) is 3.48. The maximum atomic E-state index is 14.1. The van der Waals surface area contributed by atoms with Crippen molar-refractivity contribution in [3.8, 4) is 0 Å². The zero-order chi connectivity index (χ0) is 23.2. The van der Waals surface area contributed by atoms with E-state index in [0.29, 0.717) is 21.8 Å². The van der Waals surface area contributed by atoms with Gasteiger partial charge in [0.25, 0.3) is 0 Å². The molecule has 2 aliphatic rings. The van der Waals surface area contributed by atoms with Gasteiger partial charge in [-0.15, -0.1) is 0 Å². The molecule has 0 saturated heterocycles. The van der Waals surface area contributed by atoms with Crippen molar-refractivity contribution < 1.29 is 13.2 Å². The number of allylic oxidation sites excluding steroid dienone is 1. The molecule has 2 aromatic rings. The summed E-state index contributed by atoms with van der Waals surface area (Å²) < 4.78 is 42.2. The van der Waals surface area contributed by atoms with E-state index < -0.39 is 18.3 Å². The molecule has 0 amide bonds. The van der Waals surface area contributed by atoms with E-state index in [2.05, 4.69) is 19.2 Å². The Bertz CT molecular complexity index is 1060. The van der Waals surface area contributed by atoms with Crippen LogP contribution < -0.4 is 5.32 Å². The predicted molar refractivity (Wildman–Crippen MR) is 122 cm³/mol. The lowest BCUT2D eigenvalue weighted by atomic mass is 10.0. The fourth-order valence-electron chi connectivity index (χ4n) is 4.11. The molecule has 32 heavy (non-hydrogen) atoms. The van der Waals surface area contributed by atoms with Crippen molar-refractivity contribution in [3.05, 3.63) is 92.9 Å². The summed E-state index contributed by atoms with van der Waals surface area (Å²) >= 11 is 12.3. The summed E-state index contributed by atoms with van der Waals surface area (Å²) in [4.78, 5) is 0. The largest absolute Gasteiger partial charge is 0.409 e. The van der Waals surface area contributed by atoms with Gasteiger partial charge in [0.2, 0.25) is 0 Å². The van der Waals surface area contributed by atoms with Crippen molar-refractivity contribution in [2.45, 2.75) is 51.5 Å². The van der Waals surface area contributed by atoms with Gasteiger partial charge in [0.1, 0.15) is 11.9 Å². The van der Waals surface area contributed by atoms with E-state index >= 15 is 0 Å². The normalized spacial score (nSPS) is 21.3. The van der Waals surface area contributed by atoms with E-state index in [1.54, 1.807) is 23.2 Å². The van der Waals surface area contributed by atoms with Gasteiger partial charge in [-0.25, -0.2) is 0 Å². The third-order valence-corrected chi connectivity index (χ3v) is 6.51. The lowest BCUT2D eigenvalue weighted by Gasteiger charge is -2.43. The van der Waals surface area contributed by atoms with E-state index in [-0.39, 0.29) is 6.54 Å². The first-order valence-corrected chi connectivity index (χ1v) is 11.1. The second kappa shape index (κ2) is 8.65. The van der Waals surface area contributed by atoms with E-state index in [4.69, 9.17) is 23.2 Å². The Hall–Kier alpha value is -2.15. The molecule has 0 fully saturated rings. The van der Waals surface area contributed by atoms with Crippen molar-refractivity contribution in [1.29, 1.82) is 0 Å². The number of halogens is 5. The predicted octanol–water partition coefficient (Wildman–Crippen LogP) is 7.17. The minimum atomic E-state index is -4.43. The van der Waals surface area contributed by atoms with E-state index in [1.807, 2.05) is 37.3 Å². The van der Waals surface area contributed by atoms with Gasteiger partial charge in [-0.05, 0) is 53.8 Å². The molecule has 2 heterocycles. The van der Waals surface area contributed by atoms with Crippen LogP contribution in [0, 0.1) is 0 Å². The molecule has 2 aromatic carbocycles. The highest BCUT2D eigenvalue weighted by Gasteiger charge is 2.51. The summed E-state index contributed by atoms with van der Waals surface area (Å²) in [6.07, 6.45) is -1.30. The van der Waals surface area contributed by atoms with Gasteiger partial charge in [-0.3, -0.25) is 5.01 Å². The minimum absolute atomic E-state index is 0.106. The molecule has 8 heteroatoms. The quantitative estimate of drug-likeness (QED) is 0.499. The molecule has 4 rings (SSSR count). The second-order valence-electron chi connectivity index (χ2n) is 8.47. The Labute approximate surface area is 196 Å². The van der Waals surface area contributed by atoms with Crippen LogP contribution in [0.4, 0.5) is 13.2 Å². The molecule has 0 spiro atoms. The summed E-state index contributed by atoms with van der Waals surface area (Å²) in [6.45, 7) is 6.11. The average molecular weight is 482 g/mol. The molecule has 0 bridgehead atoms. The van der Waals surface area contributed by atoms with Crippen LogP contribution in [0.15, 0.2) is 66.1 Å². The van der Waals surface area contributed by atoms with E-state index in [1.165, 1.54) is 11.1 Å². The molecule has 0 radical (unpaired) electrons. The molecule has 0 aliphatic carbocycles. The number of nitrogens with zero attached hydrogens (tertiary/aromatic N) is 2. The summed E-state index contributed by atoms with van der Waals surface area (Å²) in [5, 5.41) is 6.89. The molecule has 3 nitrogen and oxygen atoms in total. The third kappa shape index (κ3) is 4.49.